The number of hydrogen-bond donors (Lipinski definition) is 1. The molecule has 0 aromatic heterocycles. The van der Waals surface area contributed by atoms with Crippen molar-refractivity contribution in [3.05, 3.63) is 34.4 Å². The Bertz CT molecular complexity index is 423. The van der Waals surface area contributed by atoms with E-state index in [0.29, 0.717) is 16.5 Å². The van der Waals surface area contributed by atoms with Crippen LogP contribution in [-0.4, -0.2) is 6.54 Å². The number of rotatable bonds is 8. The first kappa shape index (κ1) is 17.4. The lowest BCUT2D eigenvalue weighted by Crippen LogP contribution is -2.28. The maximum atomic E-state index is 13.5. The molecule has 0 saturated heterocycles. The van der Waals surface area contributed by atoms with E-state index in [-0.39, 0.29) is 6.04 Å². The van der Waals surface area contributed by atoms with E-state index >= 15 is 0 Å². The highest BCUT2D eigenvalue weighted by molar-refractivity contribution is 6.31. The molecule has 0 saturated carbocycles. The summed E-state index contributed by atoms with van der Waals surface area (Å²) in [5, 5.41) is 3.67. The number of unbranched alkanes of at least 4 members (excludes halogenated alkanes) is 1. The fraction of sp³-hybridized carbons (Fsp3) is 0.625. The third-order valence-corrected chi connectivity index (χ3v) is 4.05. The summed E-state index contributed by atoms with van der Waals surface area (Å²) < 4.78 is 26.7. The van der Waals surface area contributed by atoms with Gasteiger partial charge in [-0.1, -0.05) is 51.6 Å². The van der Waals surface area contributed by atoms with Gasteiger partial charge >= 0.3 is 0 Å². The maximum Gasteiger partial charge on any atom is 0.160 e. The van der Waals surface area contributed by atoms with Crippen molar-refractivity contribution in [3.8, 4) is 0 Å². The fourth-order valence-electron chi connectivity index (χ4n) is 2.60. The van der Waals surface area contributed by atoms with Crippen LogP contribution in [0.2, 0.25) is 5.02 Å². The second kappa shape index (κ2) is 8.58. The Balaban J connectivity index is 3.08. The summed E-state index contributed by atoms with van der Waals surface area (Å²) in [5.41, 5.74) is 0.662. The zero-order valence-electron chi connectivity index (χ0n) is 12.5. The summed E-state index contributed by atoms with van der Waals surface area (Å²) in [6.45, 7) is 7.05. The van der Waals surface area contributed by atoms with Gasteiger partial charge in [0.25, 0.3) is 0 Å². The summed E-state index contributed by atoms with van der Waals surface area (Å²) >= 11 is 6.12. The number of benzene rings is 1. The zero-order valence-corrected chi connectivity index (χ0v) is 13.2. The topological polar surface area (TPSA) is 12.0 Å². The first-order valence-corrected chi connectivity index (χ1v) is 7.80. The van der Waals surface area contributed by atoms with Crippen molar-refractivity contribution < 1.29 is 8.78 Å². The maximum absolute atomic E-state index is 13.5. The van der Waals surface area contributed by atoms with E-state index in [2.05, 4.69) is 19.2 Å². The lowest BCUT2D eigenvalue weighted by atomic mass is 9.86. The molecule has 1 aromatic carbocycles. The second-order valence-electron chi connectivity index (χ2n) is 5.13. The van der Waals surface area contributed by atoms with Gasteiger partial charge in [0.05, 0.1) is 0 Å². The lowest BCUT2D eigenvalue weighted by molar-refractivity contribution is 0.326. The Morgan fingerprint density at radius 2 is 1.80 bits per heavy atom. The molecule has 114 valence electrons. The smallest absolute Gasteiger partial charge is 0.160 e. The van der Waals surface area contributed by atoms with Crippen molar-refractivity contribution in [2.45, 2.75) is 52.5 Å². The first-order valence-electron chi connectivity index (χ1n) is 7.42. The van der Waals surface area contributed by atoms with Crippen molar-refractivity contribution >= 4 is 11.6 Å². The standard InChI is InChI=1S/C16H24ClF2N/c1-4-7-8-11(5-2)16(20-6-3)12-9-14(18)15(19)10-13(12)17/h9-11,16,20H,4-8H2,1-3H3. The van der Waals surface area contributed by atoms with Crippen molar-refractivity contribution in [1.82, 2.24) is 5.32 Å². The molecule has 1 nitrogen and oxygen atoms in total. The van der Waals surface area contributed by atoms with Crippen LogP contribution in [0.5, 0.6) is 0 Å². The van der Waals surface area contributed by atoms with E-state index in [1.165, 1.54) is 6.07 Å². The molecule has 0 spiro atoms. The summed E-state index contributed by atoms with van der Waals surface area (Å²) in [7, 11) is 0. The molecule has 1 N–H and O–H groups in total. The highest BCUT2D eigenvalue weighted by Crippen LogP contribution is 2.34. The van der Waals surface area contributed by atoms with E-state index < -0.39 is 11.6 Å². The van der Waals surface area contributed by atoms with Crippen molar-refractivity contribution in [3.63, 3.8) is 0 Å². The summed E-state index contributed by atoms with van der Waals surface area (Å²) in [6, 6.07) is 2.28. The van der Waals surface area contributed by atoms with Crippen LogP contribution >= 0.6 is 11.6 Å². The van der Waals surface area contributed by atoms with Gasteiger partial charge in [-0.2, -0.15) is 0 Å². The molecular weight excluding hydrogens is 280 g/mol. The molecule has 0 aliphatic carbocycles. The molecule has 0 heterocycles. The molecule has 4 heteroatoms. The first-order chi connectivity index (χ1) is 9.54. The van der Waals surface area contributed by atoms with E-state index in [9.17, 15) is 8.78 Å². The van der Waals surface area contributed by atoms with Gasteiger partial charge in [-0.15, -0.1) is 0 Å². The molecule has 1 aromatic rings. The Morgan fingerprint density at radius 3 is 2.35 bits per heavy atom. The monoisotopic (exact) mass is 303 g/mol. The largest absolute Gasteiger partial charge is 0.310 e. The van der Waals surface area contributed by atoms with E-state index in [1.54, 1.807) is 0 Å². The van der Waals surface area contributed by atoms with Crippen LogP contribution in [0.15, 0.2) is 12.1 Å². The SMILES string of the molecule is CCCCC(CC)C(NCC)c1cc(F)c(F)cc1Cl. The molecule has 0 fully saturated rings. The fourth-order valence-corrected chi connectivity index (χ4v) is 2.87. The summed E-state index contributed by atoms with van der Waals surface area (Å²) in [4.78, 5) is 0. The molecule has 2 atom stereocenters. The molecule has 1 rings (SSSR count). The third-order valence-electron chi connectivity index (χ3n) is 3.72. The van der Waals surface area contributed by atoms with Crippen LogP contribution in [0, 0.1) is 17.6 Å². The van der Waals surface area contributed by atoms with Crippen LogP contribution in [0.1, 0.15) is 58.1 Å². The summed E-state index contributed by atoms with van der Waals surface area (Å²) in [5.74, 6) is -1.36. The number of halogens is 3. The minimum absolute atomic E-state index is 0.0286. The van der Waals surface area contributed by atoms with Gasteiger partial charge in [0.15, 0.2) is 11.6 Å². The normalized spacial score (nSPS) is 14.3. The van der Waals surface area contributed by atoms with Crippen molar-refractivity contribution in [2.75, 3.05) is 6.54 Å². The molecule has 0 aliphatic heterocycles. The molecular formula is C16H24ClF2N. The van der Waals surface area contributed by atoms with Gasteiger partial charge in [-0.3, -0.25) is 0 Å². The lowest BCUT2D eigenvalue weighted by Gasteiger charge is -2.28. The second-order valence-corrected chi connectivity index (χ2v) is 5.54. The zero-order chi connectivity index (χ0) is 15.1. The highest BCUT2D eigenvalue weighted by Gasteiger charge is 2.24. The molecule has 0 amide bonds. The van der Waals surface area contributed by atoms with Crippen LogP contribution < -0.4 is 5.32 Å². The number of nitrogens with one attached hydrogen (secondary N) is 1. The van der Waals surface area contributed by atoms with E-state index in [4.69, 9.17) is 11.6 Å². The van der Waals surface area contributed by atoms with Crippen molar-refractivity contribution in [1.29, 1.82) is 0 Å². The van der Waals surface area contributed by atoms with Gasteiger partial charge in [-0.25, -0.2) is 8.78 Å². The van der Waals surface area contributed by atoms with Crippen LogP contribution in [-0.2, 0) is 0 Å². The summed E-state index contributed by atoms with van der Waals surface area (Å²) in [6.07, 6.45) is 4.29. The predicted molar refractivity (Wildman–Crippen MR) is 81.1 cm³/mol. The van der Waals surface area contributed by atoms with Gasteiger partial charge in [0, 0.05) is 11.1 Å². The minimum atomic E-state index is -0.893. The molecule has 0 bridgehead atoms. The Hall–Kier alpha value is -0.670. The quantitative estimate of drug-likeness (QED) is 0.627. The molecule has 0 aliphatic rings. The van der Waals surface area contributed by atoms with Gasteiger partial charge in [0.2, 0.25) is 0 Å². The average molecular weight is 304 g/mol. The van der Waals surface area contributed by atoms with Gasteiger partial charge in [-0.05, 0) is 36.6 Å². The van der Waals surface area contributed by atoms with Crippen molar-refractivity contribution in [2.24, 2.45) is 5.92 Å². The Labute approximate surface area is 125 Å². The van der Waals surface area contributed by atoms with Crippen LogP contribution in [0.4, 0.5) is 8.78 Å². The Kier molecular flexibility index (Phi) is 7.46. The average Bonchev–Trinajstić information content (AvgIpc) is 2.42. The van der Waals surface area contributed by atoms with Crippen LogP contribution in [0.25, 0.3) is 0 Å². The third kappa shape index (κ3) is 4.42. The van der Waals surface area contributed by atoms with Gasteiger partial charge < -0.3 is 5.32 Å². The number of hydrogen-bond acceptors (Lipinski definition) is 1. The van der Waals surface area contributed by atoms with E-state index in [1.807, 2.05) is 6.92 Å². The Morgan fingerprint density at radius 1 is 1.15 bits per heavy atom. The van der Waals surface area contributed by atoms with E-state index in [0.717, 1.165) is 38.3 Å². The predicted octanol–water partition coefficient (Wildman–Crippen LogP) is 5.49. The van der Waals surface area contributed by atoms with Crippen LogP contribution in [0.3, 0.4) is 0 Å². The minimum Gasteiger partial charge on any atom is -0.310 e. The molecule has 0 radical (unpaired) electrons. The highest BCUT2D eigenvalue weighted by atomic mass is 35.5. The molecule has 20 heavy (non-hydrogen) atoms. The molecule has 2 unspecified atom stereocenters. The van der Waals surface area contributed by atoms with Gasteiger partial charge in [0.1, 0.15) is 0 Å².